The smallest absolute Gasteiger partial charge is 0.394 e. The molecule has 148 valence electrons. The zero-order chi connectivity index (χ0) is 20.3. The average Bonchev–Trinajstić information content (AvgIpc) is 3.09. The number of amides is 2. The quantitative estimate of drug-likeness (QED) is 0.825. The van der Waals surface area contributed by atoms with Crippen LogP contribution in [-0.4, -0.2) is 46.3 Å². The monoisotopic (exact) mass is 395 g/mol. The third-order valence-electron chi connectivity index (χ3n) is 4.32. The van der Waals surface area contributed by atoms with Crippen molar-refractivity contribution >= 4 is 17.7 Å². The van der Waals surface area contributed by atoms with Crippen molar-refractivity contribution in [3.8, 4) is 11.5 Å². The van der Waals surface area contributed by atoms with E-state index in [1.807, 2.05) is 0 Å². The number of halogens is 3. The summed E-state index contributed by atoms with van der Waals surface area (Å²) >= 11 is 0. The lowest BCUT2D eigenvalue weighted by atomic mass is 9.96. The molecule has 0 spiro atoms. The molecule has 0 radical (unpaired) electrons. The van der Waals surface area contributed by atoms with E-state index in [-0.39, 0.29) is 0 Å². The number of aliphatic carboxylic acids is 1. The number of rotatable bonds is 4. The summed E-state index contributed by atoms with van der Waals surface area (Å²) in [6.07, 6.45) is -1.61. The Hall–Kier alpha value is -3.30. The minimum atomic E-state index is -4.70. The molecule has 0 unspecified atom stereocenters. The molecule has 1 aliphatic heterocycles. The van der Waals surface area contributed by atoms with Crippen molar-refractivity contribution in [3.63, 3.8) is 0 Å². The van der Waals surface area contributed by atoms with Crippen molar-refractivity contribution in [3.05, 3.63) is 48.8 Å². The van der Waals surface area contributed by atoms with Gasteiger partial charge in [-0.1, -0.05) is 6.07 Å². The van der Waals surface area contributed by atoms with Gasteiger partial charge in [-0.3, -0.25) is 9.78 Å². The van der Waals surface area contributed by atoms with Gasteiger partial charge in [0.05, 0.1) is 11.8 Å². The molecule has 0 bridgehead atoms. The summed E-state index contributed by atoms with van der Waals surface area (Å²) in [4.78, 5) is 28.2. The van der Waals surface area contributed by atoms with E-state index < -0.39 is 43.1 Å². The van der Waals surface area contributed by atoms with Gasteiger partial charge in [-0.15, -0.1) is 0 Å². The van der Waals surface area contributed by atoms with Crippen LogP contribution in [0, 0.1) is 11.8 Å². The number of carbonyl (C=O) groups is 2. The normalized spacial score (nSPS) is 19.3. The number of nitrogens with one attached hydrogen (secondary N) is 1. The molecule has 1 aromatic carbocycles. The highest BCUT2D eigenvalue weighted by Crippen LogP contribution is 2.38. The number of likely N-dealkylation sites (tertiary alicyclic amines) is 1. The molecular weight excluding hydrogens is 379 g/mol. The van der Waals surface area contributed by atoms with E-state index in [0.717, 1.165) is 4.90 Å². The highest BCUT2D eigenvalue weighted by molar-refractivity contribution is 5.90. The molecule has 3 rings (SSSR count). The van der Waals surface area contributed by atoms with Crippen molar-refractivity contribution in [1.82, 2.24) is 9.88 Å². The fourth-order valence-electron chi connectivity index (χ4n) is 2.93. The summed E-state index contributed by atoms with van der Waals surface area (Å²) in [7, 11) is 0. The maximum atomic E-state index is 13.1. The fraction of sp³-hybridized carbons (Fsp3) is 0.278. The number of pyridine rings is 1. The number of hydrogen-bond donors (Lipinski definition) is 2. The Bertz CT molecular complexity index is 861. The number of carboxylic acid groups (broad SMARTS) is 1. The number of carbonyl (C=O) groups excluding carboxylic acids is 1. The molecule has 2 aromatic rings. The van der Waals surface area contributed by atoms with Crippen LogP contribution in [0.4, 0.5) is 23.7 Å². The minimum Gasteiger partial charge on any atom is -0.481 e. The third kappa shape index (κ3) is 4.51. The highest BCUT2D eigenvalue weighted by Gasteiger charge is 2.53. The Morgan fingerprint density at radius 2 is 1.86 bits per heavy atom. The first kappa shape index (κ1) is 19.5. The number of anilines is 1. The van der Waals surface area contributed by atoms with E-state index in [0.29, 0.717) is 17.2 Å². The Morgan fingerprint density at radius 3 is 2.46 bits per heavy atom. The summed E-state index contributed by atoms with van der Waals surface area (Å²) in [5.74, 6) is -4.44. The van der Waals surface area contributed by atoms with Crippen molar-refractivity contribution in [2.24, 2.45) is 11.8 Å². The SMILES string of the molecule is O=C(O)[C@@H]1CN(C(=O)Nc2cccc(Oc3ccncc3)c2)C[C@H]1C(F)(F)F. The van der Waals surface area contributed by atoms with Crippen LogP contribution >= 0.6 is 0 Å². The Balaban J connectivity index is 1.68. The lowest BCUT2D eigenvalue weighted by molar-refractivity contribution is -0.187. The molecule has 2 heterocycles. The highest BCUT2D eigenvalue weighted by atomic mass is 19.4. The topological polar surface area (TPSA) is 91.8 Å². The van der Waals surface area contributed by atoms with Gasteiger partial charge in [0.25, 0.3) is 0 Å². The number of hydrogen-bond acceptors (Lipinski definition) is 4. The van der Waals surface area contributed by atoms with E-state index in [9.17, 15) is 22.8 Å². The van der Waals surface area contributed by atoms with Gasteiger partial charge in [0.2, 0.25) is 0 Å². The molecule has 2 amide bonds. The molecule has 1 aromatic heterocycles. The van der Waals surface area contributed by atoms with Gasteiger partial charge >= 0.3 is 18.2 Å². The summed E-state index contributed by atoms with van der Waals surface area (Å²) in [5, 5.41) is 11.5. The first-order valence-corrected chi connectivity index (χ1v) is 8.27. The Morgan fingerprint density at radius 1 is 1.14 bits per heavy atom. The maximum Gasteiger partial charge on any atom is 0.394 e. The van der Waals surface area contributed by atoms with Crippen LogP contribution in [0.2, 0.25) is 0 Å². The third-order valence-corrected chi connectivity index (χ3v) is 4.32. The molecule has 1 aliphatic rings. The summed E-state index contributed by atoms with van der Waals surface area (Å²) in [6.45, 7) is -1.22. The lowest BCUT2D eigenvalue weighted by Gasteiger charge is -2.19. The van der Waals surface area contributed by atoms with Gasteiger partial charge < -0.3 is 20.1 Å². The van der Waals surface area contributed by atoms with E-state index in [2.05, 4.69) is 10.3 Å². The van der Waals surface area contributed by atoms with Gasteiger partial charge in [0.15, 0.2) is 0 Å². The zero-order valence-electron chi connectivity index (χ0n) is 14.4. The zero-order valence-corrected chi connectivity index (χ0v) is 14.4. The second-order valence-corrected chi connectivity index (χ2v) is 6.24. The van der Waals surface area contributed by atoms with E-state index in [4.69, 9.17) is 9.84 Å². The summed E-state index contributed by atoms with van der Waals surface area (Å²) in [6, 6.07) is 8.77. The average molecular weight is 395 g/mol. The number of nitrogens with zero attached hydrogens (tertiary/aromatic N) is 2. The van der Waals surface area contributed by atoms with E-state index >= 15 is 0 Å². The predicted octanol–water partition coefficient (Wildman–Crippen LogP) is 3.60. The molecule has 10 heteroatoms. The number of urea groups is 1. The van der Waals surface area contributed by atoms with Crippen LogP contribution in [0.5, 0.6) is 11.5 Å². The molecule has 0 saturated carbocycles. The molecule has 1 saturated heterocycles. The van der Waals surface area contributed by atoms with Gasteiger partial charge in [-0.25, -0.2) is 4.79 Å². The predicted molar refractivity (Wildman–Crippen MR) is 92.0 cm³/mol. The Labute approximate surface area is 157 Å². The molecule has 0 aliphatic carbocycles. The molecular formula is C18H16F3N3O4. The van der Waals surface area contributed by atoms with Crippen molar-refractivity contribution in [2.75, 3.05) is 18.4 Å². The van der Waals surface area contributed by atoms with Crippen LogP contribution in [0.1, 0.15) is 0 Å². The van der Waals surface area contributed by atoms with Crippen molar-refractivity contribution in [1.29, 1.82) is 0 Å². The number of carboxylic acids is 1. The summed E-state index contributed by atoms with van der Waals surface area (Å²) in [5.41, 5.74) is 0.305. The second kappa shape index (κ2) is 7.75. The first-order chi connectivity index (χ1) is 13.2. The van der Waals surface area contributed by atoms with E-state index in [1.54, 1.807) is 42.7 Å². The number of benzene rings is 1. The molecule has 7 nitrogen and oxygen atoms in total. The number of alkyl halides is 3. The van der Waals surface area contributed by atoms with Crippen molar-refractivity contribution < 1.29 is 32.6 Å². The van der Waals surface area contributed by atoms with E-state index in [1.165, 1.54) is 6.07 Å². The van der Waals surface area contributed by atoms with Gasteiger partial charge in [0.1, 0.15) is 11.5 Å². The number of aromatic nitrogens is 1. The number of ether oxygens (including phenoxy) is 1. The second-order valence-electron chi connectivity index (χ2n) is 6.24. The van der Waals surface area contributed by atoms with Crippen LogP contribution in [-0.2, 0) is 4.79 Å². The molecule has 2 N–H and O–H groups in total. The van der Waals surface area contributed by atoms with Crippen LogP contribution in [0.25, 0.3) is 0 Å². The fourth-order valence-corrected chi connectivity index (χ4v) is 2.93. The summed E-state index contributed by atoms with van der Waals surface area (Å²) < 4.78 is 44.8. The maximum absolute atomic E-state index is 13.1. The van der Waals surface area contributed by atoms with Crippen LogP contribution < -0.4 is 10.1 Å². The molecule has 1 fully saturated rings. The Kier molecular flexibility index (Phi) is 5.39. The van der Waals surface area contributed by atoms with Crippen LogP contribution in [0.15, 0.2) is 48.8 Å². The van der Waals surface area contributed by atoms with Gasteiger partial charge in [-0.2, -0.15) is 13.2 Å². The van der Waals surface area contributed by atoms with Crippen LogP contribution in [0.3, 0.4) is 0 Å². The lowest BCUT2D eigenvalue weighted by Crippen LogP contribution is -2.35. The van der Waals surface area contributed by atoms with Gasteiger partial charge in [-0.05, 0) is 24.3 Å². The van der Waals surface area contributed by atoms with Crippen molar-refractivity contribution in [2.45, 2.75) is 6.18 Å². The standard InChI is InChI=1S/C18H16F3N3O4/c19-18(20,21)15-10-24(9-14(15)16(25)26)17(27)23-11-2-1-3-13(8-11)28-12-4-6-22-7-5-12/h1-8,14-15H,9-10H2,(H,23,27)(H,25,26)/t14-,15-/m1/s1. The van der Waals surface area contributed by atoms with Gasteiger partial charge in [0, 0.05) is 37.2 Å². The minimum absolute atomic E-state index is 0.305. The molecule has 28 heavy (non-hydrogen) atoms. The first-order valence-electron chi connectivity index (χ1n) is 8.27. The largest absolute Gasteiger partial charge is 0.481 e. The molecule has 2 atom stereocenters.